The molecule has 1 aromatic rings. The van der Waals surface area contributed by atoms with Crippen LogP contribution in [0.1, 0.15) is 39.0 Å². The normalized spacial score (nSPS) is 17.4. The third-order valence-electron chi connectivity index (χ3n) is 3.38. The summed E-state index contributed by atoms with van der Waals surface area (Å²) in [5.74, 6) is 0. The van der Waals surface area contributed by atoms with Crippen molar-refractivity contribution in [3.05, 3.63) is 22.9 Å². The van der Waals surface area contributed by atoms with Crippen LogP contribution in [0.25, 0.3) is 0 Å². The zero-order valence-electron chi connectivity index (χ0n) is 9.82. The van der Waals surface area contributed by atoms with E-state index in [0.717, 1.165) is 17.1 Å². The number of aromatic nitrogens is 1. The van der Waals surface area contributed by atoms with Gasteiger partial charge < -0.3 is 4.90 Å². The van der Waals surface area contributed by atoms with Gasteiger partial charge in [-0.05, 0) is 41.8 Å². The third kappa shape index (κ3) is 2.76. The number of rotatable bonds is 3. The molecule has 0 spiro atoms. The Morgan fingerprint density at radius 1 is 1.31 bits per heavy atom. The molecule has 1 aliphatic rings. The summed E-state index contributed by atoms with van der Waals surface area (Å²) in [5, 5.41) is 0. The highest BCUT2D eigenvalue weighted by molar-refractivity contribution is 9.10. The maximum Gasteiger partial charge on any atom is 0.0566 e. The lowest BCUT2D eigenvalue weighted by Crippen LogP contribution is -2.36. The Morgan fingerprint density at radius 2 is 2.06 bits per heavy atom. The monoisotopic (exact) mass is 282 g/mol. The first kappa shape index (κ1) is 11.9. The molecule has 0 saturated heterocycles. The zero-order valence-corrected chi connectivity index (χ0v) is 11.4. The third-order valence-corrected chi connectivity index (χ3v) is 3.81. The summed E-state index contributed by atoms with van der Waals surface area (Å²) in [5.41, 5.74) is 1.25. The van der Waals surface area contributed by atoms with Crippen molar-refractivity contribution >= 4 is 21.6 Å². The highest BCUT2D eigenvalue weighted by Crippen LogP contribution is 2.27. The molecule has 2 nitrogen and oxygen atoms in total. The van der Waals surface area contributed by atoms with E-state index in [9.17, 15) is 0 Å². The second-order valence-electron chi connectivity index (χ2n) is 4.44. The predicted molar refractivity (Wildman–Crippen MR) is 71.8 cm³/mol. The highest BCUT2D eigenvalue weighted by atomic mass is 79.9. The van der Waals surface area contributed by atoms with E-state index in [0.29, 0.717) is 0 Å². The molecule has 1 saturated carbocycles. The van der Waals surface area contributed by atoms with Gasteiger partial charge >= 0.3 is 0 Å². The van der Waals surface area contributed by atoms with Crippen LogP contribution in [-0.2, 0) is 0 Å². The summed E-state index contributed by atoms with van der Waals surface area (Å²) in [6, 6.07) is 2.89. The molecule has 0 aliphatic heterocycles. The summed E-state index contributed by atoms with van der Waals surface area (Å²) in [6.45, 7) is 3.30. The van der Waals surface area contributed by atoms with Gasteiger partial charge in [-0.1, -0.05) is 19.3 Å². The largest absolute Gasteiger partial charge is 0.368 e. The van der Waals surface area contributed by atoms with Gasteiger partial charge in [0.2, 0.25) is 0 Å². The van der Waals surface area contributed by atoms with Gasteiger partial charge in [0.1, 0.15) is 0 Å². The second-order valence-corrected chi connectivity index (χ2v) is 5.35. The summed E-state index contributed by atoms with van der Waals surface area (Å²) in [6.07, 6.45) is 10.7. The summed E-state index contributed by atoms with van der Waals surface area (Å²) < 4.78 is 1.07. The van der Waals surface area contributed by atoms with Gasteiger partial charge in [-0.2, -0.15) is 0 Å². The van der Waals surface area contributed by atoms with E-state index < -0.39 is 0 Å². The molecule has 88 valence electrons. The van der Waals surface area contributed by atoms with Crippen LogP contribution >= 0.6 is 15.9 Å². The highest BCUT2D eigenvalue weighted by Gasteiger charge is 2.20. The van der Waals surface area contributed by atoms with Crippen molar-refractivity contribution in [1.29, 1.82) is 0 Å². The lowest BCUT2D eigenvalue weighted by molar-refractivity contribution is 0.418. The van der Waals surface area contributed by atoms with Gasteiger partial charge in [0.25, 0.3) is 0 Å². The van der Waals surface area contributed by atoms with Crippen LogP contribution < -0.4 is 4.90 Å². The molecule has 0 unspecified atom stereocenters. The minimum Gasteiger partial charge on any atom is -0.368 e. The molecule has 0 atom stereocenters. The van der Waals surface area contributed by atoms with Gasteiger partial charge in [-0.25, -0.2) is 0 Å². The van der Waals surface area contributed by atoms with E-state index in [1.165, 1.54) is 37.8 Å². The molecule has 0 amide bonds. The molecule has 1 heterocycles. The van der Waals surface area contributed by atoms with Crippen molar-refractivity contribution < 1.29 is 0 Å². The van der Waals surface area contributed by atoms with E-state index in [-0.39, 0.29) is 0 Å². The van der Waals surface area contributed by atoms with E-state index in [1.807, 2.05) is 12.4 Å². The topological polar surface area (TPSA) is 16.1 Å². The lowest BCUT2D eigenvalue weighted by atomic mass is 9.94. The van der Waals surface area contributed by atoms with E-state index in [1.54, 1.807) is 0 Å². The van der Waals surface area contributed by atoms with E-state index in [2.05, 4.69) is 38.8 Å². The number of hydrogen-bond acceptors (Lipinski definition) is 2. The minimum atomic E-state index is 0.717. The van der Waals surface area contributed by atoms with Crippen LogP contribution in [0.3, 0.4) is 0 Å². The van der Waals surface area contributed by atoms with Crippen molar-refractivity contribution in [1.82, 2.24) is 4.98 Å². The molecule has 0 N–H and O–H groups in total. The van der Waals surface area contributed by atoms with Crippen molar-refractivity contribution in [3.8, 4) is 0 Å². The molecule has 1 aliphatic carbocycles. The maximum absolute atomic E-state index is 4.26. The fourth-order valence-electron chi connectivity index (χ4n) is 2.60. The smallest absolute Gasteiger partial charge is 0.0566 e. The van der Waals surface area contributed by atoms with Crippen LogP contribution in [0.15, 0.2) is 22.9 Å². The molecule has 16 heavy (non-hydrogen) atoms. The minimum absolute atomic E-state index is 0.717. The first-order valence-corrected chi connectivity index (χ1v) is 6.97. The molecular formula is C13H19BrN2. The fraction of sp³-hybridized carbons (Fsp3) is 0.615. The Balaban J connectivity index is 2.14. The van der Waals surface area contributed by atoms with Gasteiger partial charge in [-0.15, -0.1) is 0 Å². The van der Waals surface area contributed by atoms with E-state index >= 15 is 0 Å². The summed E-state index contributed by atoms with van der Waals surface area (Å²) in [4.78, 5) is 6.76. The van der Waals surface area contributed by atoms with Crippen molar-refractivity contribution in [3.63, 3.8) is 0 Å². The first-order valence-electron chi connectivity index (χ1n) is 6.18. The van der Waals surface area contributed by atoms with Gasteiger partial charge in [-0.3, -0.25) is 4.98 Å². The molecule has 0 radical (unpaired) electrons. The van der Waals surface area contributed by atoms with Crippen LogP contribution in [0.5, 0.6) is 0 Å². The van der Waals surface area contributed by atoms with Gasteiger partial charge in [0.15, 0.2) is 0 Å². The Hall–Kier alpha value is -0.570. The van der Waals surface area contributed by atoms with Crippen molar-refractivity contribution in [2.24, 2.45) is 0 Å². The van der Waals surface area contributed by atoms with Gasteiger partial charge in [0, 0.05) is 23.3 Å². The maximum atomic E-state index is 4.26. The molecule has 0 bridgehead atoms. The molecule has 1 fully saturated rings. The SMILES string of the molecule is CCN(c1cncc(Br)c1)C1CCCCC1. The zero-order chi connectivity index (χ0) is 11.4. The lowest BCUT2D eigenvalue weighted by Gasteiger charge is -2.35. The number of anilines is 1. The molecule has 2 rings (SSSR count). The Kier molecular flexibility index (Phi) is 4.22. The second kappa shape index (κ2) is 5.67. The number of halogens is 1. The summed E-state index contributed by atoms with van der Waals surface area (Å²) in [7, 11) is 0. The Labute approximate surface area is 106 Å². The quantitative estimate of drug-likeness (QED) is 0.833. The van der Waals surface area contributed by atoms with Crippen LogP contribution in [0, 0.1) is 0 Å². The standard InChI is InChI=1S/C13H19BrN2/c1-2-16(12-6-4-3-5-7-12)13-8-11(14)9-15-10-13/h8-10,12H,2-7H2,1H3. The Morgan fingerprint density at radius 3 is 2.69 bits per heavy atom. The molecular weight excluding hydrogens is 264 g/mol. The first-order chi connectivity index (χ1) is 7.81. The average Bonchev–Trinajstić information content (AvgIpc) is 2.31. The van der Waals surface area contributed by atoms with Crippen molar-refractivity contribution in [2.45, 2.75) is 45.1 Å². The predicted octanol–water partition coefficient (Wildman–Crippen LogP) is 4.00. The number of nitrogens with zero attached hydrogens (tertiary/aromatic N) is 2. The summed E-state index contributed by atoms with van der Waals surface area (Å²) >= 11 is 3.49. The van der Waals surface area contributed by atoms with Gasteiger partial charge in [0.05, 0.1) is 11.9 Å². The fourth-order valence-corrected chi connectivity index (χ4v) is 2.95. The molecule has 0 aromatic carbocycles. The number of hydrogen-bond donors (Lipinski definition) is 0. The van der Waals surface area contributed by atoms with Crippen LogP contribution in [-0.4, -0.2) is 17.6 Å². The Bertz CT molecular complexity index is 334. The van der Waals surface area contributed by atoms with Crippen LogP contribution in [0.2, 0.25) is 0 Å². The number of pyridine rings is 1. The molecule has 3 heteroatoms. The van der Waals surface area contributed by atoms with Crippen LogP contribution in [0.4, 0.5) is 5.69 Å². The van der Waals surface area contributed by atoms with Crippen molar-refractivity contribution in [2.75, 3.05) is 11.4 Å². The molecule has 1 aromatic heterocycles. The average molecular weight is 283 g/mol. The van der Waals surface area contributed by atoms with E-state index in [4.69, 9.17) is 0 Å².